The van der Waals surface area contributed by atoms with Gasteiger partial charge < -0.3 is 5.11 Å². The quantitative estimate of drug-likeness (QED) is 0.591. The molecule has 0 saturated heterocycles. The summed E-state index contributed by atoms with van der Waals surface area (Å²) in [6.07, 6.45) is 2.49. The molecule has 4 rings (SSSR count). The third-order valence-electron chi connectivity index (χ3n) is 5.00. The molecule has 0 amide bonds. The molecule has 1 aliphatic rings. The van der Waals surface area contributed by atoms with Crippen LogP contribution in [0.5, 0.6) is 0 Å². The highest BCUT2D eigenvalue weighted by Crippen LogP contribution is 2.52. The van der Waals surface area contributed by atoms with Gasteiger partial charge in [0.25, 0.3) is 0 Å². The predicted molar refractivity (Wildman–Crippen MR) is 108 cm³/mol. The van der Waals surface area contributed by atoms with Crippen LogP contribution in [0.2, 0.25) is 0 Å². The van der Waals surface area contributed by atoms with E-state index in [-0.39, 0.29) is 11.3 Å². The lowest BCUT2D eigenvalue weighted by Gasteiger charge is -2.13. The van der Waals surface area contributed by atoms with Crippen LogP contribution in [0.4, 0.5) is 0 Å². The van der Waals surface area contributed by atoms with Gasteiger partial charge in [0.2, 0.25) is 5.16 Å². The van der Waals surface area contributed by atoms with Crippen LogP contribution in [0.15, 0.2) is 53.7 Å². The smallest absolute Gasteiger partial charge is 0.335 e. The van der Waals surface area contributed by atoms with E-state index in [1.165, 1.54) is 28.6 Å². The van der Waals surface area contributed by atoms with Crippen LogP contribution in [-0.4, -0.2) is 41.8 Å². The van der Waals surface area contributed by atoms with Crippen molar-refractivity contribution in [2.24, 2.45) is 0 Å². The van der Waals surface area contributed by atoms with E-state index in [4.69, 9.17) is 10.4 Å². The second kappa shape index (κ2) is 8.08. The highest BCUT2D eigenvalue weighted by Gasteiger charge is 2.51. The summed E-state index contributed by atoms with van der Waals surface area (Å²) < 4.78 is 0.986. The molecule has 8 nitrogen and oxygen atoms in total. The second-order valence-corrected chi connectivity index (χ2v) is 8.41. The summed E-state index contributed by atoms with van der Waals surface area (Å²) in [7, 11) is 0. The number of nitriles is 1. The first-order valence-corrected chi connectivity index (χ1v) is 10.2. The maximum atomic E-state index is 12.9. The lowest BCUT2D eigenvalue weighted by molar-refractivity contribution is -0.119. The minimum Gasteiger partial charge on any atom is -0.478 e. The van der Waals surface area contributed by atoms with E-state index in [9.17, 15) is 9.59 Å². The van der Waals surface area contributed by atoms with Gasteiger partial charge in [0, 0.05) is 6.42 Å². The average Bonchev–Trinajstić information content (AvgIpc) is 3.41. The van der Waals surface area contributed by atoms with Gasteiger partial charge in [0.1, 0.15) is 5.78 Å². The van der Waals surface area contributed by atoms with Gasteiger partial charge in [-0.1, -0.05) is 23.9 Å². The summed E-state index contributed by atoms with van der Waals surface area (Å²) in [5.41, 5.74) is 2.36. The number of carboxylic acid groups (broad SMARTS) is 1. The number of aromatic nitrogens is 4. The Hall–Kier alpha value is -3.51. The zero-order chi connectivity index (χ0) is 21.1. The van der Waals surface area contributed by atoms with E-state index in [1.54, 1.807) is 24.3 Å². The molecule has 1 aromatic heterocycles. The molecule has 0 radical (unpaired) electrons. The van der Waals surface area contributed by atoms with Crippen molar-refractivity contribution >= 4 is 23.5 Å². The molecule has 1 heterocycles. The zero-order valence-electron chi connectivity index (χ0n) is 15.9. The van der Waals surface area contributed by atoms with Gasteiger partial charge in [0.05, 0.1) is 27.6 Å². The number of hydrogen-bond acceptors (Lipinski definition) is 7. The minimum atomic E-state index is -1.00. The highest BCUT2D eigenvalue weighted by atomic mass is 32.2. The molecule has 30 heavy (non-hydrogen) atoms. The Balaban J connectivity index is 1.45. The molecule has 1 aliphatic carbocycles. The largest absolute Gasteiger partial charge is 0.478 e. The molecular weight excluding hydrogens is 402 g/mol. The lowest BCUT2D eigenvalue weighted by atomic mass is 10.0. The normalized spacial score (nSPS) is 14.1. The van der Waals surface area contributed by atoms with Crippen molar-refractivity contribution in [3.63, 3.8) is 0 Å². The second-order valence-electron chi connectivity index (χ2n) is 7.06. The van der Waals surface area contributed by atoms with Gasteiger partial charge in [-0.2, -0.15) is 9.94 Å². The number of carbonyl (C=O) groups is 2. The molecule has 150 valence electrons. The van der Waals surface area contributed by atoms with Crippen molar-refractivity contribution in [3.05, 3.63) is 65.2 Å². The fourth-order valence-corrected chi connectivity index (χ4v) is 4.34. The number of benzene rings is 2. The van der Waals surface area contributed by atoms with Crippen molar-refractivity contribution in [2.45, 2.75) is 35.6 Å². The van der Waals surface area contributed by atoms with Crippen molar-refractivity contribution < 1.29 is 14.7 Å². The third-order valence-corrected chi connectivity index (χ3v) is 6.46. The molecule has 0 spiro atoms. The zero-order valence-corrected chi connectivity index (χ0v) is 16.7. The van der Waals surface area contributed by atoms with Crippen LogP contribution in [0.25, 0.3) is 5.69 Å². The summed E-state index contributed by atoms with van der Waals surface area (Å²) in [6.45, 7) is 0. The van der Waals surface area contributed by atoms with Crippen LogP contribution in [0, 0.1) is 11.3 Å². The fraction of sp³-hybridized carbons (Fsp3) is 0.238. The number of carboxylic acids is 1. The number of carbonyl (C=O) groups excluding carboxylic acids is 1. The molecule has 0 unspecified atom stereocenters. The molecule has 9 heteroatoms. The number of ketones is 1. The van der Waals surface area contributed by atoms with Gasteiger partial charge in [-0.25, -0.2) is 4.79 Å². The van der Waals surface area contributed by atoms with Crippen molar-refractivity contribution in [3.8, 4) is 11.8 Å². The van der Waals surface area contributed by atoms with Gasteiger partial charge in [0.15, 0.2) is 0 Å². The van der Waals surface area contributed by atoms with E-state index in [0.29, 0.717) is 29.2 Å². The number of Topliss-reactive ketones (excluding diaryl/α,β-unsaturated/α-hetero) is 1. The molecule has 2 aromatic carbocycles. The Bertz CT molecular complexity index is 1150. The number of rotatable bonds is 8. The standard InChI is InChI=1S/C21H17N5O3S/c22-13-15-3-1-2-14(12-15)4-9-18(27)21(10-11-21)30-20-23-24-25-26(20)17-7-5-16(6-8-17)19(28)29/h1-3,5-8,12H,4,9-11H2,(H,28,29). The maximum Gasteiger partial charge on any atom is 0.335 e. The van der Waals surface area contributed by atoms with Crippen LogP contribution in [0.3, 0.4) is 0 Å². The molecule has 0 aliphatic heterocycles. The molecule has 1 saturated carbocycles. The monoisotopic (exact) mass is 419 g/mol. The first-order valence-electron chi connectivity index (χ1n) is 9.34. The number of aromatic carboxylic acids is 1. The number of tetrazole rings is 1. The maximum absolute atomic E-state index is 12.9. The number of nitrogens with zero attached hydrogens (tertiary/aromatic N) is 5. The summed E-state index contributed by atoms with van der Waals surface area (Å²) in [5.74, 6) is -0.860. The first kappa shape index (κ1) is 19.8. The molecule has 1 fully saturated rings. The van der Waals surface area contributed by atoms with Crippen LogP contribution >= 0.6 is 11.8 Å². The number of aryl methyl sites for hydroxylation is 1. The molecule has 1 N–H and O–H groups in total. The summed E-state index contributed by atoms with van der Waals surface area (Å²) in [5, 5.41) is 30.3. The van der Waals surface area contributed by atoms with Gasteiger partial charge >= 0.3 is 5.97 Å². The topological polar surface area (TPSA) is 122 Å². The van der Waals surface area contributed by atoms with Crippen LogP contribution in [-0.2, 0) is 11.2 Å². The van der Waals surface area contributed by atoms with E-state index >= 15 is 0 Å². The molecule has 0 atom stereocenters. The predicted octanol–water partition coefficient (Wildman–Crippen LogP) is 3.06. The average molecular weight is 419 g/mol. The van der Waals surface area contributed by atoms with Gasteiger partial charge in [-0.05, 0) is 71.7 Å². The Morgan fingerprint density at radius 2 is 1.97 bits per heavy atom. The van der Waals surface area contributed by atoms with E-state index in [2.05, 4.69) is 21.6 Å². The Morgan fingerprint density at radius 3 is 2.63 bits per heavy atom. The summed E-state index contributed by atoms with van der Waals surface area (Å²) in [4.78, 5) is 24.0. The van der Waals surface area contributed by atoms with E-state index < -0.39 is 10.7 Å². The number of hydrogen-bond donors (Lipinski definition) is 1. The minimum absolute atomic E-state index is 0.144. The third kappa shape index (κ3) is 4.09. The molecule has 0 bridgehead atoms. The van der Waals surface area contributed by atoms with E-state index in [0.717, 1.165) is 18.4 Å². The van der Waals surface area contributed by atoms with E-state index in [1.807, 2.05) is 12.1 Å². The van der Waals surface area contributed by atoms with Crippen molar-refractivity contribution in [2.75, 3.05) is 0 Å². The van der Waals surface area contributed by atoms with Crippen LogP contribution < -0.4 is 0 Å². The SMILES string of the molecule is N#Cc1cccc(CCC(=O)C2(Sc3nnnn3-c3ccc(C(=O)O)cc3)CC2)c1. The lowest BCUT2D eigenvalue weighted by Crippen LogP contribution is -2.20. The first-order chi connectivity index (χ1) is 14.5. The number of thioether (sulfide) groups is 1. The van der Waals surface area contributed by atoms with Gasteiger partial charge in [-0.15, -0.1) is 5.10 Å². The van der Waals surface area contributed by atoms with Gasteiger partial charge in [-0.3, -0.25) is 4.79 Å². The Kier molecular flexibility index (Phi) is 5.33. The summed E-state index contributed by atoms with van der Waals surface area (Å²) in [6, 6.07) is 15.6. The molecule has 3 aromatic rings. The molecular formula is C21H17N5O3S. The summed E-state index contributed by atoms with van der Waals surface area (Å²) >= 11 is 1.36. The Labute approximate surface area is 176 Å². The fourth-order valence-electron chi connectivity index (χ4n) is 3.16. The Morgan fingerprint density at radius 1 is 1.20 bits per heavy atom. The van der Waals surface area contributed by atoms with Crippen LogP contribution in [0.1, 0.15) is 40.7 Å². The van der Waals surface area contributed by atoms with Crippen molar-refractivity contribution in [1.82, 2.24) is 20.2 Å². The van der Waals surface area contributed by atoms with Crippen molar-refractivity contribution in [1.29, 1.82) is 5.26 Å². The highest BCUT2D eigenvalue weighted by molar-refractivity contribution is 8.01.